The van der Waals surface area contributed by atoms with Crippen LogP contribution in [0.15, 0.2) is 30.3 Å². The zero-order valence-corrected chi connectivity index (χ0v) is 14.2. The van der Waals surface area contributed by atoms with Crippen LogP contribution < -0.4 is 10.6 Å². The summed E-state index contributed by atoms with van der Waals surface area (Å²) in [5, 5.41) is 7.29. The molecule has 0 bridgehead atoms. The van der Waals surface area contributed by atoms with Crippen LogP contribution in [0, 0.1) is 0 Å². The van der Waals surface area contributed by atoms with Gasteiger partial charge < -0.3 is 10.6 Å². The fourth-order valence-corrected chi connectivity index (χ4v) is 2.48. The van der Waals surface area contributed by atoms with E-state index in [-0.39, 0.29) is 0 Å². The second-order valence-corrected chi connectivity index (χ2v) is 5.98. The molecule has 3 heteroatoms. The van der Waals surface area contributed by atoms with Crippen molar-refractivity contribution in [1.29, 1.82) is 0 Å². The Labute approximate surface area is 135 Å². The highest BCUT2D eigenvalue weighted by Crippen LogP contribution is 2.07. The van der Waals surface area contributed by atoms with Gasteiger partial charge in [0.1, 0.15) is 0 Å². The summed E-state index contributed by atoms with van der Waals surface area (Å²) >= 11 is 5.28. The highest BCUT2D eigenvalue weighted by molar-refractivity contribution is 7.80. The largest absolute Gasteiger partial charge is 0.363 e. The molecule has 0 atom stereocenters. The quantitative estimate of drug-likeness (QED) is 0.454. The minimum atomic E-state index is 0.766. The molecular formula is C18H30N2S. The van der Waals surface area contributed by atoms with E-state index in [0.29, 0.717) is 0 Å². The molecule has 0 aromatic heterocycles. The Balaban J connectivity index is 1.89. The average molecular weight is 307 g/mol. The third-order valence-corrected chi connectivity index (χ3v) is 3.90. The summed E-state index contributed by atoms with van der Waals surface area (Å²) in [4.78, 5) is 0. The highest BCUT2D eigenvalue weighted by atomic mass is 32.1. The van der Waals surface area contributed by atoms with E-state index in [1.165, 1.54) is 56.9 Å². The Morgan fingerprint density at radius 3 is 2.14 bits per heavy atom. The monoisotopic (exact) mass is 306 g/mol. The second-order valence-electron chi connectivity index (χ2n) is 5.57. The van der Waals surface area contributed by atoms with E-state index < -0.39 is 0 Å². The Bertz CT molecular complexity index is 365. The van der Waals surface area contributed by atoms with Crippen LogP contribution in [-0.2, 0) is 6.54 Å². The molecule has 0 aliphatic carbocycles. The number of benzene rings is 1. The molecule has 0 saturated carbocycles. The molecule has 2 N–H and O–H groups in total. The van der Waals surface area contributed by atoms with Gasteiger partial charge >= 0.3 is 0 Å². The number of thiocarbonyl (C=S) groups is 1. The van der Waals surface area contributed by atoms with E-state index in [0.717, 1.165) is 18.2 Å². The summed E-state index contributed by atoms with van der Waals surface area (Å²) in [7, 11) is 0. The van der Waals surface area contributed by atoms with Crippen molar-refractivity contribution >= 4 is 17.3 Å². The first-order valence-electron chi connectivity index (χ1n) is 8.38. The van der Waals surface area contributed by atoms with Crippen molar-refractivity contribution in [3.8, 4) is 0 Å². The van der Waals surface area contributed by atoms with Crippen LogP contribution >= 0.6 is 12.2 Å². The van der Waals surface area contributed by atoms with E-state index in [4.69, 9.17) is 12.2 Å². The number of hydrogen-bond donors (Lipinski definition) is 2. The molecule has 0 fully saturated rings. The summed E-state index contributed by atoms with van der Waals surface area (Å²) in [5.41, 5.74) is 1.26. The molecule has 0 aliphatic rings. The van der Waals surface area contributed by atoms with E-state index in [1.54, 1.807) is 0 Å². The summed E-state index contributed by atoms with van der Waals surface area (Å²) in [6.07, 6.45) is 10.8. The molecule has 118 valence electrons. The summed E-state index contributed by atoms with van der Waals surface area (Å²) in [6.45, 7) is 4.04. The van der Waals surface area contributed by atoms with Gasteiger partial charge in [-0.05, 0) is 24.2 Å². The fourth-order valence-electron chi connectivity index (χ4n) is 2.30. The predicted molar refractivity (Wildman–Crippen MR) is 96.5 cm³/mol. The smallest absolute Gasteiger partial charge is 0.166 e. The molecule has 1 rings (SSSR count). The number of nitrogens with one attached hydrogen (secondary N) is 2. The summed E-state index contributed by atoms with van der Waals surface area (Å²) < 4.78 is 0. The summed E-state index contributed by atoms with van der Waals surface area (Å²) in [6, 6.07) is 10.3. The first kappa shape index (κ1) is 18.0. The lowest BCUT2D eigenvalue weighted by Gasteiger charge is -2.10. The van der Waals surface area contributed by atoms with Crippen molar-refractivity contribution < 1.29 is 0 Å². The Kier molecular flexibility index (Phi) is 10.8. The lowest BCUT2D eigenvalue weighted by Crippen LogP contribution is -2.35. The molecule has 0 saturated heterocycles. The van der Waals surface area contributed by atoms with E-state index in [2.05, 4.69) is 29.7 Å². The van der Waals surface area contributed by atoms with Gasteiger partial charge in [0.15, 0.2) is 5.11 Å². The molecule has 0 amide bonds. The van der Waals surface area contributed by atoms with Gasteiger partial charge in [-0.15, -0.1) is 0 Å². The maximum atomic E-state index is 5.28. The third kappa shape index (κ3) is 10.3. The molecule has 21 heavy (non-hydrogen) atoms. The SMILES string of the molecule is CCCCCCCCCCNC(=S)NCc1ccccc1. The predicted octanol–water partition coefficient (Wildman–Crippen LogP) is 4.79. The first-order chi connectivity index (χ1) is 10.3. The zero-order chi connectivity index (χ0) is 15.2. The van der Waals surface area contributed by atoms with Crippen LogP contribution in [0.3, 0.4) is 0 Å². The van der Waals surface area contributed by atoms with Crippen molar-refractivity contribution in [2.75, 3.05) is 6.54 Å². The molecule has 0 heterocycles. The molecule has 2 nitrogen and oxygen atoms in total. The number of rotatable bonds is 11. The molecule has 0 spiro atoms. The van der Waals surface area contributed by atoms with Gasteiger partial charge in [0, 0.05) is 13.1 Å². The fraction of sp³-hybridized carbons (Fsp3) is 0.611. The van der Waals surface area contributed by atoms with Gasteiger partial charge in [0.2, 0.25) is 0 Å². The van der Waals surface area contributed by atoms with Gasteiger partial charge in [-0.1, -0.05) is 82.2 Å². The van der Waals surface area contributed by atoms with Gasteiger partial charge in [-0.3, -0.25) is 0 Å². The van der Waals surface area contributed by atoms with E-state index in [1.807, 2.05) is 18.2 Å². The maximum absolute atomic E-state index is 5.28. The second kappa shape index (κ2) is 12.6. The molecular weight excluding hydrogens is 276 g/mol. The zero-order valence-electron chi connectivity index (χ0n) is 13.4. The first-order valence-corrected chi connectivity index (χ1v) is 8.79. The van der Waals surface area contributed by atoms with Crippen molar-refractivity contribution in [2.24, 2.45) is 0 Å². The van der Waals surface area contributed by atoms with Crippen molar-refractivity contribution in [1.82, 2.24) is 10.6 Å². The van der Waals surface area contributed by atoms with Crippen LogP contribution in [0.2, 0.25) is 0 Å². The van der Waals surface area contributed by atoms with Gasteiger partial charge in [0.25, 0.3) is 0 Å². The van der Waals surface area contributed by atoms with Gasteiger partial charge in [-0.25, -0.2) is 0 Å². The highest BCUT2D eigenvalue weighted by Gasteiger charge is 1.96. The van der Waals surface area contributed by atoms with Crippen LogP contribution in [-0.4, -0.2) is 11.7 Å². The minimum Gasteiger partial charge on any atom is -0.363 e. The standard InChI is InChI=1S/C18H30N2S/c1-2-3-4-5-6-7-8-12-15-19-18(21)20-16-17-13-10-9-11-14-17/h9-11,13-14H,2-8,12,15-16H2,1H3,(H2,19,20,21). The topological polar surface area (TPSA) is 24.1 Å². The van der Waals surface area contributed by atoms with E-state index >= 15 is 0 Å². The average Bonchev–Trinajstić information content (AvgIpc) is 2.52. The van der Waals surface area contributed by atoms with E-state index in [9.17, 15) is 0 Å². The normalized spacial score (nSPS) is 10.3. The Morgan fingerprint density at radius 1 is 0.857 bits per heavy atom. The Morgan fingerprint density at radius 2 is 1.48 bits per heavy atom. The molecule has 1 aromatic carbocycles. The molecule has 0 radical (unpaired) electrons. The lowest BCUT2D eigenvalue weighted by molar-refractivity contribution is 0.572. The maximum Gasteiger partial charge on any atom is 0.166 e. The number of unbranched alkanes of at least 4 members (excludes halogenated alkanes) is 7. The van der Waals surface area contributed by atoms with Crippen molar-refractivity contribution in [3.63, 3.8) is 0 Å². The van der Waals surface area contributed by atoms with Gasteiger partial charge in [-0.2, -0.15) is 0 Å². The van der Waals surface area contributed by atoms with Crippen LogP contribution in [0.4, 0.5) is 0 Å². The number of hydrogen-bond acceptors (Lipinski definition) is 1. The van der Waals surface area contributed by atoms with Crippen molar-refractivity contribution in [2.45, 2.75) is 64.8 Å². The van der Waals surface area contributed by atoms with Crippen LogP contribution in [0.1, 0.15) is 63.9 Å². The Hall–Kier alpha value is -1.09. The molecule has 0 aliphatic heterocycles. The molecule has 1 aromatic rings. The van der Waals surface area contributed by atoms with Crippen molar-refractivity contribution in [3.05, 3.63) is 35.9 Å². The third-order valence-electron chi connectivity index (χ3n) is 3.61. The molecule has 0 unspecified atom stereocenters. The lowest BCUT2D eigenvalue weighted by atomic mass is 10.1. The van der Waals surface area contributed by atoms with Crippen LogP contribution in [0.5, 0.6) is 0 Å². The minimum absolute atomic E-state index is 0.766. The van der Waals surface area contributed by atoms with Gasteiger partial charge in [0.05, 0.1) is 0 Å². The summed E-state index contributed by atoms with van der Waals surface area (Å²) in [5.74, 6) is 0. The van der Waals surface area contributed by atoms with Crippen LogP contribution in [0.25, 0.3) is 0 Å².